The second kappa shape index (κ2) is 5.85. The van der Waals surface area contributed by atoms with Gasteiger partial charge < -0.3 is 9.52 Å². The Hall–Kier alpha value is -0.870. The minimum Gasteiger partial charge on any atom is -0.447 e. The molecule has 1 aliphatic rings. The molecule has 1 N–H and O–H groups in total. The van der Waals surface area contributed by atoms with Gasteiger partial charge in [0.25, 0.3) is 0 Å². The van der Waals surface area contributed by atoms with Gasteiger partial charge in [0.2, 0.25) is 5.89 Å². The van der Waals surface area contributed by atoms with Gasteiger partial charge in [-0.25, -0.2) is 4.98 Å². The Labute approximate surface area is 109 Å². The van der Waals surface area contributed by atoms with Crippen molar-refractivity contribution in [3.8, 4) is 0 Å². The quantitative estimate of drug-likeness (QED) is 0.895. The smallest absolute Gasteiger partial charge is 0.211 e. The molecule has 2 heterocycles. The number of aromatic nitrogens is 1. The van der Waals surface area contributed by atoms with Crippen molar-refractivity contribution in [3.05, 3.63) is 17.8 Å². The van der Waals surface area contributed by atoms with Crippen molar-refractivity contribution in [3.63, 3.8) is 0 Å². The number of rotatable bonds is 4. The van der Waals surface area contributed by atoms with Gasteiger partial charge in [0.05, 0.1) is 18.3 Å². The van der Waals surface area contributed by atoms with Crippen LogP contribution in [-0.4, -0.2) is 34.2 Å². The van der Waals surface area contributed by atoms with Crippen LogP contribution in [0.15, 0.2) is 10.7 Å². The molecule has 4 nitrogen and oxygen atoms in total. The van der Waals surface area contributed by atoms with E-state index in [2.05, 4.69) is 23.7 Å². The third kappa shape index (κ3) is 2.75. The molecule has 1 fully saturated rings. The highest BCUT2D eigenvalue weighted by Gasteiger charge is 2.29. The highest BCUT2D eigenvalue weighted by molar-refractivity contribution is 5.06. The van der Waals surface area contributed by atoms with E-state index in [-0.39, 0.29) is 12.5 Å². The van der Waals surface area contributed by atoms with Crippen LogP contribution in [0.4, 0.5) is 0 Å². The lowest BCUT2D eigenvalue weighted by molar-refractivity contribution is 0.0924. The molecule has 18 heavy (non-hydrogen) atoms. The highest BCUT2D eigenvalue weighted by Crippen LogP contribution is 2.32. The standard InChI is InChI=1S/C14H24N2O2/c1-10(2)16-7-5-4-6-13(16)14-15-12(9-18-14)11(3)8-17/h9-11,13,17H,4-8H2,1-3H3. The molecular formula is C14H24N2O2. The maximum Gasteiger partial charge on any atom is 0.211 e. The number of piperidine rings is 1. The van der Waals surface area contributed by atoms with E-state index in [0.717, 1.165) is 24.6 Å². The molecule has 1 aromatic rings. The molecule has 1 aliphatic heterocycles. The normalized spacial score (nSPS) is 23.5. The molecule has 2 rings (SSSR count). The molecule has 1 saturated heterocycles. The van der Waals surface area contributed by atoms with E-state index < -0.39 is 0 Å². The molecule has 4 heteroatoms. The number of hydrogen-bond donors (Lipinski definition) is 1. The summed E-state index contributed by atoms with van der Waals surface area (Å²) in [6.07, 6.45) is 5.31. The molecule has 0 bridgehead atoms. The lowest BCUT2D eigenvalue weighted by Gasteiger charge is -2.36. The zero-order valence-electron chi connectivity index (χ0n) is 11.6. The van der Waals surface area contributed by atoms with E-state index in [1.807, 2.05) is 6.92 Å². The summed E-state index contributed by atoms with van der Waals surface area (Å²) in [5.74, 6) is 0.872. The molecule has 2 atom stereocenters. The third-order valence-electron chi connectivity index (χ3n) is 3.81. The Kier molecular flexibility index (Phi) is 4.40. The van der Waals surface area contributed by atoms with E-state index in [0.29, 0.717) is 12.1 Å². The first-order valence-electron chi connectivity index (χ1n) is 6.95. The van der Waals surface area contributed by atoms with Gasteiger partial charge in [-0.15, -0.1) is 0 Å². The molecule has 0 radical (unpaired) electrons. The highest BCUT2D eigenvalue weighted by atomic mass is 16.3. The van der Waals surface area contributed by atoms with Crippen molar-refractivity contribution in [1.29, 1.82) is 0 Å². The van der Waals surface area contributed by atoms with Crippen LogP contribution < -0.4 is 0 Å². The maximum atomic E-state index is 9.16. The summed E-state index contributed by atoms with van der Waals surface area (Å²) in [7, 11) is 0. The fraction of sp³-hybridized carbons (Fsp3) is 0.786. The predicted molar refractivity (Wildman–Crippen MR) is 70.4 cm³/mol. The van der Waals surface area contributed by atoms with Crippen molar-refractivity contribution in [2.75, 3.05) is 13.2 Å². The molecule has 0 aliphatic carbocycles. The second-order valence-corrected chi connectivity index (χ2v) is 5.54. The first-order valence-corrected chi connectivity index (χ1v) is 6.95. The first kappa shape index (κ1) is 13.6. The Morgan fingerprint density at radius 2 is 2.22 bits per heavy atom. The zero-order chi connectivity index (χ0) is 13.1. The number of aliphatic hydroxyl groups excluding tert-OH is 1. The number of aliphatic hydroxyl groups is 1. The largest absolute Gasteiger partial charge is 0.447 e. The predicted octanol–water partition coefficient (Wildman–Crippen LogP) is 2.71. The molecule has 0 spiro atoms. The fourth-order valence-corrected chi connectivity index (χ4v) is 2.61. The summed E-state index contributed by atoms with van der Waals surface area (Å²) in [5, 5.41) is 9.16. The molecular weight excluding hydrogens is 228 g/mol. The summed E-state index contributed by atoms with van der Waals surface area (Å²) in [6.45, 7) is 7.64. The van der Waals surface area contributed by atoms with E-state index in [4.69, 9.17) is 9.52 Å². The Morgan fingerprint density at radius 3 is 2.89 bits per heavy atom. The van der Waals surface area contributed by atoms with Crippen LogP contribution in [0.5, 0.6) is 0 Å². The lowest BCUT2D eigenvalue weighted by atomic mass is 10.0. The van der Waals surface area contributed by atoms with Crippen LogP contribution in [0.3, 0.4) is 0 Å². The van der Waals surface area contributed by atoms with Gasteiger partial charge in [-0.1, -0.05) is 13.3 Å². The van der Waals surface area contributed by atoms with Gasteiger partial charge in [0, 0.05) is 12.0 Å². The minimum atomic E-state index is 0.0543. The van der Waals surface area contributed by atoms with Crippen molar-refractivity contribution in [2.45, 2.75) is 58.0 Å². The fourth-order valence-electron chi connectivity index (χ4n) is 2.61. The molecule has 2 unspecified atom stereocenters. The van der Waals surface area contributed by atoms with Gasteiger partial charge in [0.1, 0.15) is 6.26 Å². The summed E-state index contributed by atoms with van der Waals surface area (Å²) >= 11 is 0. The van der Waals surface area contributed by atoms with E-state index >= 15 is 0 Å². The zero-order valence-corrected chi connectivity index (χ0v) is 11.6. The number of oxazole rings is 1. The van der Waals surface area contributed by atoms with Crippen molar-refractivity contribution in [1.82, 2.24) is 9.88 Å². The van der Waals surface area contributed by atoms with Crippen LogP contribution in [0.1, 0.15) is 63.6 Å². The Morgan fingerprint density at radius 1 is 1.44 bits per heavy atom. The molecule has 1 aromatic heterocycles. The van der Waals surface area contributed by atoms with Crippen LogP contribution in [0.25, 0.3) is 0 Å². The van der Waals surface area contributed by atoms with Crippen molar-refractivity contribution >= 4 is 0 Å². The number of hydrogen-bond acceptors (Lipinski definition) is 4. The lowest BCUT2D eigenvalue weighted by Crippen LogP contribution is -2.38. The van der Waals surface area contributed by atoms with E-state index in [9.17, 15) is 0 Å². The Bertz CT molecular complexity index is 376. The van der Waals surface area contributed by atoms with Gasteiger partial charge in [-0.05, 0) is 33.2 Å². The SMILES string of the molecule is CC(CO)c1coc(C2CCCCN2C(C)C)n1. The average molecular weight is 252 g/mol. The summed E-state index contributed by atoms with van der Waals surface area (Å²) < 4.78 is 5.64. The molecule has 0 amide bonds. The number of likely N-dealkylation sites (tertiary alicyclic amines) is 1. The van der Waals surface area contributed by atoms with Crippen molar-refractivity contribution < 1.29 is 9.52 Å². The summed E-state index contributed by atoms with van der Waals surface area (Å²) in [4.78, 5) is 7.03. The van der Waals surface area contributed by atoms with Crippen LogP contribution in [-0.2, 0) is 0 Å². The second-order valence-electron chi connectivity index (χ2n) is 5.54. The topological polar surface area (TPSA) is 49.5 Å². The van der Waals surface area contributed by atoms with E-state index in [1.54, 1.807) is 6.26 Å². The summed E-state index contributed by atoms with van der Waals surface area (Å²) in [6, 6.07) is 0.819. The average Bonchev–Trinajstić information content (AvgIpc) is 2.87. The maximum absolute atomic E-state index is 9.16. The molecule has 0 saturated carbocycles. The third-order valence-corrected chi connectivity index (χ3v) is 3.81. The van der Waals surface area contributed by atoms with Crippen LogP contribution >= 0.6 is 0 Å². The first-order chi connectivity index (χ1) is 8.63. The summed E-state index contributed by atoms with van der Waals surface area (Å²) in [5.41, 5.74) is 0.863. The van der Waals surface area contributed by atoms with E-state index in [1.165, 1.54) is 12.8 Å². The van der Waals surface area contributed by atoms with Gasteiger partial charge in [0.15, 0.2) is 0 Å². The molecule has 0 aromatic carbocycles. The van der Waals surface area contributed by atoms with Crippen LogP contribution in [0, 0.1) is 0 Å². The Balaban J connectivity index is 2.15. The van der Waals surface area contributed by atoms with Crippen molar-refractivity contribution in [2.24, 2.45) is 0 Å². The van der Waals surface area contributed by atoms with Crippen LogP contribution in [0.2, 0.25) is 0 Å². The molecule has 102 valence electrons. The monoisotopic (exact) mass is 252 g/mol. The van der Waals surface area contributed by atoms with Gasteiger partial charge in [-0.3, -0.25) is 4.90 Å². The van der Waals surface area contributed by atoms with Gasteiger partial charge in [-0.2, -0.15) is 0 Å². The number of nitrogens with zero attached hydrogens (tertiary/aromatic N) is 2. The van der Waals surface area contributed by atoms with Gasteiger partial charge >= 0.3 is 0 Å². The minimum absolute atomic E-state index is 0.0543.